The Balaban J connectivity index is 2.36. The van der Waals surface area contributed by atoms with Gasteiger partial charge < -0.3 is 4.74 Å². The van der Waals surface area contributed by atoms with Crippen LogP contribution in [0, 0.1) is 11.3 Å². The maximum absolute atomic E-state index is 5.30. The molecule has 1 nitrogen and oxygen atoms in total. The smallest absolute Gasteiger partial charge is 0.0548 e. The maximum Gasteiger partial charge on any atom is 0.0548 e. The standard InChI is InChI=1S/C10H19BrO/c1-8-4-10(5-8,7-11)6-9(2)12-3/h8-9H,4-7H2,1-3H3. The highest BCUT2D eigenvalue weighted by molar-refractivity contribution is 9.09. The summed E-state index contributed by atoms with van der Waals surface area (Å²) in [4.78, 5) is 0. The van der Waals surface area contributed by atoms with Crippen molar-refractivity contribution in [2.24, 2.45) is 11.3 Å². The minimum absolute atomic E-state index is 0.412. The summed E-state index contributed by atoms with van der Waals surface area (Å²) < 4.78 is 5.30. The molecule has 1 rings (SSSR count). The second-order valence-corrected chi connectivity index (χ2v) is 4.96. The van der Waals surface area contributed by atoms with Crippen molar-refractivity contribution in [1.82, 2.24) is 0 Å². The number of halogens is 1. The summed E-state index contributed by atoms with van der Waals surface area (Å²) in [5.41, 5.74) is 0.550. The predicted molar refractivity (Wildman–Crippen MR) is 55.7 cm³/mol. The van der Waals surface area contributed by atoms with Crippen LogP contribution in [0.2, 0.25) is 0 Å². The molecule has 2 heteroatoms. The first-order valence-electron chi connectivity index (χ1n) is 4.70. The molecule has 0 aromatic carbocycles. The largest absolute Gasteiger partial charge is 0.382 e. The number of alkyl halides is 1. The molecule has 72 valence electrons. The van der Waals surface area contributed by atoms with Crippen LogP contribution in [0.15, 0.2) is 0 Å². The Morgan fingerprint density at radius 2 is 2.17 bits per heavy atom. The van der Waals surface area contributed by atoms with E-state index in [1.807, 2.05) is 0 Å². The molecule has 0 spiro atoms. The van der Waals surface area contributed by atoms with Gasteiger partial charge in [0.15, 0.2) is 0 Å². The predicted octanol–water partition coefficient (Wildman–Crippen LogP) is 3.22. The Labute approximate surface area is 84.0 Å². The summed E-state index contributed by atoms with van der Waals surface area (Å²) in [6.07, 6.45) is 4.35. The van der Waals surface area contributed by atoms with Gasteiger partial charge in [-0.1, -0.05) is 22.9 Å². The lowest BCUT2D eigenvalue weighted by Crippen LogP contribution is -2.40. The molecule has 0 heterocycles. The molecule has 1 unspecified atom stereocenters. The first-order valence-corrected chi connectivity index (χ1v) is 5.83. The molecule has 0 radical (unpaired) electrons. The van der Waals surface area contributed by atoms with Crippen molar-refractivity contribution in [2.75, 3.05) is 12.4 Å². The monoisotopic (exact) mass is 234 g/mol. The van der Waals surface area contributed by atoms with Crippen LogP contribution >= 0.6 is 15.9 Å². The van der Waals surface area contributed by atoms with Crippen LogP contribution in [0.25, 0.3) is 0 Å². The van der Waals surface area contributed by atoms with Crippen LogP contribution in [-0.2, 0) is 4.74 Å². The van der Waals surface area contributed by atoms with Gasteiger partial charge in [0.2, 0.25) is 0 Å². The zero-order chi connectivity index (χ0) is 9.19. The van der Waals surface area contributed by atoms with Crippen LogP contribution < -0.4 is 0 Å². The Bertz CT molecular complexity index is 141. The minimum atomic E-state index is 0.412. The molecule has 1 aliphatic rings. The molecule has 12 heavy (non-hydrogen) atoms. The quantitative estimate of drug-likeness (QED) is 0.680. The fourth-order valence-electron chi connectivity index (χ4n) is 2.44. The second-order valence-electron chi connectivity index (χ2n) is 4.40. The second kappa shape index (κ2) is 4.10. The van der Waals surface area contributed by atoms with E-state index in [4.69, 9.17) is 4.74 Å². The molecule has 1 atom stereocenters. The lowest BCUT2D eigenvalue weighted by molar-refractivity contribution is 0.0109. The van der Waals surface area contributed by atoms with Crippen molar-refractivity contribution in [3.63, 3.8) is 0 Å². The maximum atomic E-state index is 5.30. The van der Waals surface area contributed by atoms with E-state index in [-0.39, 0.29) is 0 Å². The Kier molecular flexibility index (Phi) is 3.59. The zero-order valence-corrected chi connectivity index (χ0v) is 9.86. The van der Waals surface area contributed by atoms with Gasteiger partial charge in [0, 0.05) is 12.4 Å². The summed E-state index contributed by atoms with van der Waals surface area (Å²) in [5.74, 6) is 0.923. The molecule has 1 saturated carbocycles. The van der Waals surface area contributed by atoms with Crippen LogP contribution in [0.4, 0.5) is 0 Å². The van der Waals surface area contributed by atoms with E-state index >= 15 is 0 Å². The number of rotatable bonds is 4. The van der Waals surface area contributed by atoms with Crippen LogP contribution in [-0.4, -0.2) is 18.5 Å². The first kappa shape index (κ1) is 10.5. The number of methoxy groups -OCH3 is 1. The lowest BCUT2D eigenvalue weighted by atomic mass is 9.61. The molecule has 0 amide bonds. The molecule has 0 aromatic heterocycles. The van der Waals surface area contributed by atoms with Crippen LogP contribution in [0.3, 0.4) is 0 Å². The van der Waals surface area contributed by atoms with E-state index in [1.54, 1.807) is 7.11 Å². The van der Waals surface area contributed by atoms with Gasteiger partial charge in [0.25, 0.3) is 0 Å². The molecule has 0 saturated heterocycles. The molecule has 1 fully saturated rings. The van der Waals surface area contributed by atoms with Gasteiger partial charge in [-0.3, -0.25) is 0 Å². The van der Waals surface area contributed by atoms with E-state index in [0.717, 1.165) is 11.2 Å². The van der Waals surface area contributed by atoms with Crippen molar-refractivity contribution < 1.29 is 4.74 Å². The third kappa shape index (κ3) is 2.23. The van der Waals surface area contributed by atoms with Crippen molar-refractivity contribution in [3.05, 3.63) is 0 Å². The zero-order valence-electron chi connectivity index (χ0n) is 8.27. The van der Waals surface area contributed by atoms with Gasteiger partial charge in [-0.25, -0.2) is 0 Å². The van der Waals surface area contributed by atoms with Crippen molar-refractivity contribution in [2.45, 2.75) is 39.2 Å². The molecule has 0 aliphatic heterocycles. The van der Waals surface area contributed by atoms with Crippen molar-refractivity contribution >= 4 is 15.9 Å². The van der Waals surface area contributed by atoms with Crippen LogP contribution in [0.5, 0.6) is 0 Å². The van der Waals surface area contributed by atoms with Gasteiger partial charge in [-0.05, 0) is 37.5 Å². The normalized spacial score (nSPS) is 37.5. The van der Waals surface area contributed by atoms with E-state index in [1.165, 1.54) is 19.3 Å². The lowest BCUT2D eigenvalue weighted by Gasteiger charge is -2.46. The molecule has 1 aliphatic carbocycles. The van der Waals surface area contributed by atoms with E-state index < -0.39 is 0 Å². The molecule has 0 aromatic rings. The SMILES string of the molecule is COC(C)CC1(CBr)CC(C)C1. The fraction of sp³-hybridized carbons (Fsp3) is 1.00. The average Bonchev–Trinajstić information content (AvgIpc) is 2.01. The number of hydrogen-bond acceptors (Lipinski definition) is 1. The number of hydrogen-bond donors (Lipinski definition) is 0. The highest BCUT2D eigenvalue weighted by Crippen LogP contribution is 2.50. The average molecular weight is 235 g/mol. The van der Waals surface area contributed by atoms with E-state index in [0.29, 0.717) is 11.5 Å². The van der Waals surface area contributed by atoms with Crippen molar-refractivity contribution in [1.29, 1.82) is 0 Å². The molecular weight excluding hydrogens is 216 g/mol. The summed E-state index contributed by atoms with van der Waals surface area (Å²) in [5, 5.41) is 1.14. The fourth-order valence-corrected chi connectivity index (χ4v) is 3.13. The topological polar surface area (TPSA) is 9.23 Å². The highest BCUT2D eigenvalue weighted by atomic mass is 79.9. The summed E-state index contributed by atoms with van der Waals surface area (Å²) in [7, 11) is 1.80. The summed E-state index contributed by atoms with van der Waals surface area (Å²) in [6, 6.07) is 0. The Morgan fingerprint density at radius 1 is 1.58 bits per heavy atom. The molecule has 0 bridgehead atoms. The molecular formula is C10H19BrO. The number of ether oxygens (including phenoxy) is 1. The van der Waals surface area contributed by atoms with Crippen molar-refractivity contribution in [3.8, 4) is 0 Å². The third-order valence-corrected chi connectivity index (χ3v) is 4.16. The summed E-state index contributed by atoms with van der Waals surface area (Å²) in [6.45, 7) is 4.49. The van der Waals surface area contributed by atoms with Crippen LogP contribution in [0.1, 0.15) is 33.1 Å². The third-order valence-electron chi connectivity index (χ3n) is 2.97. The van der Waals surface area contributed by atoms with Gasteiger partial charge in [0.1, 0.15) is 0 Å². The Hall–Kier alpha value is 0.440. The van der Waals surface area contributed by atoms with Gasteiger partial charge >= 0.3 is 0 Å². The highest BCUT2D eigenvalue weighted by Gasteiger charge is 2.41. The van der Waals surface area contributed by atoms with E-state index in [2.05, 4.69) is 29.8 Å². The summed E-state index contributed by atoms with van der Waals surface area (Å²) >= 11 is 3.61. The van der Waals surface area contributed by atoms with Gasteiger partial charge in [-0.15, -0.1) is 0 Å². The van der Waals surface area contributed by atoms with E-state index in [9.17, 15) is 0 Å². The van der Waals surface area contributed by atoms with Gasteiger partial charge in [-0.2, -0.15) is 0 Å². The molecule has 0 N–H and O–H groups in total. The minimum Gasteiger partial charge on any atom is -0.382 e. The Morgan fingerprint density at radius 3 is 2.50 bits per heavy atom. The first-order chi connectivity index (χ1) is 5.62. The van der Waals surface area contributed by atoms with Gasteiger partial charge in [0.05, 0.1) is 6.10 Å².